The summed E-state index contributed by atoms with van der Waals surface area (Å²) in [5.41, 5.74) is 2.79. The van der Waals surface area contributed by atoms with Crippen molar-refractivity contribution in [3.8, 4) is 6.07 Å². The molecular formula is C23H26N6O3. The van der Waals surface area contributed by atoms with Gasteiger partial charge in [0.25, 0.3) is 5.91 Å². The van der Waals surface area contributed by atoms with Crippen molar-refractivity contribution < 1.29 is 14.3 Å². The van der Waals surface area contributed by atoms with Crippen LogP contribution >= 0.6 is 0 Å². The third-order valence-electron chi connectivity index (χ3n) is 4.42. The van der Waals surface area contributed by atoms with E-state index in [0.29, 0.717) is 34.5 Å². The van der Waals surface area contributed by atoms with Gasteiger partial charge in [0.05, 0.1) is 42.5 Å². The lowest BCUT2D eigenvalue weighted by molar-refractivity contribution is -0.143. The molecule has 0 bridgehead atoms. The van der Waals surface area contributed by atoms with Crippen molar-refractivity contribution in [1.29, 1.82) is 10.7 Å². The molecule has 1 heterocycles. The maximum absolute atomic E-state index is 12.9. The van der Waals surface area contributed by atoms with E-state index in [9.17, 15) is 9.59 Å². The van der Waals surface area contributed by atoms with Crippen LogP contribution in [0.4, 0.5) is 0 Å². The molecule has 166 valence electrons. The van der Waals surface area contributed by atoms with Crippen LogP contribution in [-0.2, 0) is 16.1 Å². The number of H-pyrrole nitrogens is 1. The molecule has 1 amide bonds. The second-order valence-corrected chi connectivity index (χ2v) is 6.94. The van der Waals surface area contributed by atoms with E-state index in [1.54, 1.807) is 37.3 Å². The number of aromatic nitrogens is 2. The number of amidine groups is 1. The maximum atomic E-state index is 12.9. The summed E-state index contributed by atoms with van der Waals surface area (Å²) in [6, 6.07) is 6.97. The first kappa shape index (κ1) is 24.2. The Morgan fingerprint density at radius 2 is 2.12 bits per heavy atom. The van der Waals surface area contributed by atoms with Crippen LogP contribution in [0.3, 0.4) is 0 Å². The quantitative estimate of drug-likeness (QED) is 0.204. The number of rotatable bonds is 9. The minimum atomic E-state index is -0.414. The maximum Gasteiger partial charge on any atom is 0.307 e. The number of aliphatic imine (C=N–C) groups is 1. The van der Waals surface area contributed by atoms with Gasteiger partial charge in [0.15, 0.2) is 0 Å². The van der Waals surface area contributed by atoms with Gasteiger partial charge < -0.3 is 9.72 Å². The molecule has 2 rings (SSSR count). The van der Waals surface area contributed by atoms with Gasteiger partial charge in [-0.2, -0.15) is 5.26 Å². The van der Waals surface area contributed by atoms with Gasteiger partial charge in [-0.3, -0.25) is 24.9 Å². The Morgan fingerprint density at radius 1 is 1.38 bits per heavy atom. The molecule has 9 nitrogen and oxygen atoms in total. The number of fused-ring (bicyclic) bond motifs is 1. The van der Waals surface area contributed by atoms with Gasteiger partial charge in [0.2, 0.25) is 0 Å². The summed E-state index contributed by atoms with van der Waals surface area (Å²) in [5.74, 6) is -0.125. The lowest BCUT2D eigenvalue weighted by atomic mass is 10.1. The second kappa shape index (κ2) is 11.4. The fourth-order valence-electron chi connectivity index (χ4n) is 2.79. The number of hydrogen-bond acceptors (Lipinski definition) is 7. The molecule has 0 spiro atoms. The lowest BCUT2D eigenvalue weighted by Gasteiger charge is -2.20. The van der Waals surface area contributed by atoms with E-state index in [1.165, 1.54) is 11.8 Å². The van der Waals surface area contributed by atoms with Gasteiger partial charge in [-0.25, -0.2) is 4.98 Å². The highest BCUT2D eigenvalue weighted by atomic mass is 16.5. The summed E-state index contributed by atoms with van der Waals surface area (Å²) in [5, 5.41) is 16.6. The highest BCUT2D eigenvalue weighted by Crippen LogP contribution is 2.16. The number of carbonyl (C=O) groups is 2. The number of amides is 1. The van der Waals surface area contributed by atoms with E-state index < -0.39 is 5.97 Å². The van der Waals surface area contributed by atoms with E-state index >= 15 is 0 Å². The Balaban J connectivity index is 2.15. The molecule has 0 aliphatic rings. The summed E-state index contributed by atoms with van der Waals surface area (Å²) < 4.78 is 4.90. The van der Waals surface area contributed by atoms with Crippen LogP contribution in [0.1, 0.15) is 43.4 Å². The lowest BCUT2D eigenvalue weighted by Crippen LogP contribution is -2.36. The first-order valence-electron chi connectivity index (χ1n) is 10.0. The van der Waals surface area contributed by atoms with E-state index in [-0.39, 0.29) is 31.3 Å². The van der Waals surface area contributed by atoms with Crippen molar-refractivity contribution >= 4 is 34.5 Å². The molecule has 0 fully saturated rings. The molecule has 0 aliphatic carbocycles. The van der Waals surface area contributed by atoms with Crippen molar-refractivity contribution in [2.24, 2.45) is 4.99 Å². The summed E-state index contributed by atoms with van der Waals surface area (Å²) in [7, 11) is 0. The fourth-order valence-corrected chi connectivity index (χ4v) is 2.79. The highest BCUT2D eigenvalue weighted by molar-refractivity contribution is 6.06. The van der Waals surface area contributed by atoms with Gasteiger partial charge >= 0.3 is 5.97 Å². The first-order chi connectivity index (χ1) is 15.2. The van der Waals surface area contributed by atoms with Crippen LogP contribution in [0.5, 0.6) is 0 Å². The molecule has 32 heavy (non-hydrogen) atoms. The second-order valence-electron chi connectivity index (χ2n) is 6.94. The number of imidazole rings is 1. The number of benzene rings is 1. The van der Waals surface area contributed by atoms with Gasteiger partial charge in [-0.15, -0.1) is 0 Å². The number of ether oxygens (including phenoxy) is 1. The fraction of sp³-hybridized carbons (Fsp3) is 0.304. The first-order valence-corrected chi connectivity index (χ1v) is 10.0. The SMILES string of the molecule is C=C(C#N)/C=C\C(C)=NCc1nc2ccc(C(=O)N(CCC(=O)OCC)C(C)=N)cc2[nH]1. The average Bonchev–Trinajstić information content (AvgIpc) is 3.18. The smallest absolute Gasteiger partial charge is 0.307 e. The van der Waals surface area contributed by atoms with Crippen molar-refractivity contribution in [1.82, 2.24) is 14.9 Å². The van der Waals surface area contributed by atoms with Crippen LogP contribution in [0.25, 0.3) is 11.0 Å². The number of nitriles is 1. The molecular weight excluding hydrogens is 408 g/mol. The molecule has 9 heteroatoms. The number of nitrogens with zero attached hydrogens (tertiary/aromatic N) is 4. The Morgan fingerprint density at radius 3 is 2.78 bits per heavy atom. The molecule has 0 saturated carbocycles. The minimum Gasteiger partial charge on any atom is -0.466 e. The minimum absolute atomic E-state index is 0.0137. The monoisotopic (exact) mass is 434 g/mol. The molecule has 2 aromatic rings. The van der Waals surface area contributed by atoms with Gasteiger partial charge in [0, 0.05) is 23.4 Å². The Bertz CT molecular complexity index is 1140. The van der Waals surface area contributed by atoms with Crippen molar-refractivity contribution in [2.75, 3.05) is 13.2 Å². The molecule has 0 aliphatic heterocycles. The normalized spacial score (nSPS) is 11.4. The predicted molar refractivity (Wildman–Crippen MR) is 122 cm³/mol. The number of hydrogen-bond donors (Lipinski definition) is 2. The predicted octanol–water partition coefficient (Wildman–Crippen LogP) is 3.55. The summed E-state index contributed by atoms with van der Waals surface area (Å²) in [6.45, 7) is 9.24. The molecule has 0 atom stereocenters. The number of esters is 1. The number of aromatic amines is 1. The summed E-state index contributed by atoms with van der Waals surface area (Å²) in [6.07, 6.45) is 3.31. The van der Waals surface area contributed by atoms with Gasteiger partial charge in [0.1, 0.15) is 5.82 Å². The Labute approximate surface area is 186 Å². The topological polar surface area (TPSA) is 135 Å². The zero-order valence-electron chi connectivity index (χ0n) is 18.4. The van der Waals surface area contributed by atoms with E-state index in [1.807, 2.05) is 13.0 Å². The molecule has 0 unspecified atom stereocenters. The van der Waals surface area contributed by atoms with Crippen LogP contribution in [0.15, 0.2) is 47.5 Å². The van der Waals surface area contributed by atoms with E-state index in [4.69, 9.17) is 15.4 Å². The molecule has 1 aromatic heterocycles. The highest BCUT2D eigenvalue weighted by Gasteiger charge is 2.20. The zero-order valence-corrected chi connectivity index (χ0v) is 18.4. The molecule has 0 radical (unpaired) electrons. The standard InChI is InChI=1S/C23H26N6O3/c1-5-32-22(30)10-11-29(17(4)25)23(31)18-8-9-19-20(12-18)28-21(27-19)14-26-16(3)7-6-15(2)13-24/h6-9,12,25H,2,5,10-11,14H2,1,3-4H3,(H,27,28)/b7-6-,25-17?,26-16?. The van der Waals surface area contributed by atoms with Crippen LogP contribution in [0.2, 0.25) is 0 Å². The average molecular weight is 435 g/mol. The molecule has 2 N–H and O–H groups in total. The Hall–Kier alpha value is -4.06. The summed E-state index contributed by atoms with van der Waals surface area (Å²) >= 11 is 0. The number of allylic oxidation sites excluding steroid dienone is 3. The number of carbonyl (C=O) groups excluding carboxylic acids is 2. The van der Waals surface area contributed by atoms with Crippen molar-refractivity contribution in [3.05, 3.63) is 53.9 Å². The third kappa shape index (κ3) is 6.74. The molecule has 1 aromatic carbocycles. The van der Waals surface area contributed by atoms with Gasteiger partial charge in [-0.1, -0.05) is 6.58 Å². The van der Waals surface area contributed by atoms with E-state index in [0.717, 1.165) is 5.71 Å². The third-order valence-corrected chi connectivity index (χ3v) is 4.42. The van der Waals surface area contributed by atoms with Gasteiger partial charge in [-0.05, 0) is 51.1 Å². The van der Waals surface area contributed by atoms with Crippen LogP contribution < -0.4 is 0 Å². The zero-order chi connectivity index (χ0) is 23.7. The largest absolute Gasteiger partial charge is 0.466 e. The van der Waals surface area contributed by atoms with Crippen LogP contribution in [0, 0.1) is 16.7 Å². The number of nitrogens with one attached hydrogen (secondary N) is 2. The molecule has 0 saturated heterocycles. The van der Waals surface area contributed by atoms with Crippen molar-refractivity contribution in [3.63, 3.8) is 0 Å². The van der Waals surface area contributed by atoms with Crippen molar-refractivity contribution in [2.45, 2.75) is 33.7 Å². The Kier molecular flexibility index (Phi) is 8.60. The van der Waals surface area contributed by atoms with E-state index in [2.05, 4.69) is 21.5 Å². The summed E-state index contributed by atoms with van der Waals surface area (Å²) in [4.78, 5) is 37.8. The van der Waals surface area contributed by atoms with Crippen LogP contribution in [-0.4, -0.2) is 51.4 Å².